The summed E-state index contributed by atoms with van der Waals surface area (Å²) in [6, 6.07) is 21.1. The van der Waals surface area contributed by atoms with Crippen LogP contribution in [-0.2, 0) is 16.6 Å². The van der Waals surface area contributed by atoms with Crippen molar-refractivity contribution in [1.29, 1.82) is 0 Å². The molecule has 3 aromatic carbocycles. The predicted octanol–water partition coefficient (Wildman–Crippen LogP) is 4.40. The lowest BCUT2D eigenvalue weighted by atomic mass is 10.1. The lowest BCUT2D eigenvalue weighted by molar-refractivity contribution is 0.0785. The fourth-order valence-electron chi connectivity index (χ4n) is 3.28. The number of benzene rings is 3. The Morgan fingerprint density at radius 1 is 0.867 bits per heavy atom. The van der Waals surface area contributed by atoms with E-state index in [-0.39, 0.29) is 10.8 Å². The Kier molecular flexibility index (Phi) is 6.27. The van der Waals surface area contributed by atoms with Gasteiger partial charge in [0.15, 0.2) is 0 Å². The Morgan fingerprint density at radius 3 is 2.10 bits per heavy atom. The van der Waals surface area contributed by atoms with E-state index in [1.54, 1.807) is 48.3 Å². The third kappa shape index (κ3) is 4.54. The molecule has 0 saturated carbocycles. The molecule has 3 aromatic rings. The van der Waals surface area contributed by atoms with Gasteiger partial charge in [0.2, 0.25) is 0 Å². The average molecular weight is 423 g/mol. The number of rotatable bonds is 6. The molecule has 1 amide bonds. The van der Waals surface area contributed by atoms with Crippen LogP contribution < -0.4 is 4.31 Å². The number of carbonyl (C=O) groups is 1. The van der Waals surface area contributed by atoms with Gasteiger partial charge < -0.3 is 4.90 Å². The molecule has 3 rings (SSSR count). The monoisotopic (exact) mass is 422 g/mol. The molecule has 0 aliphatic heterocycles. The van der Waals surface area contributed by atoms with Crippen LogP contribution in [0.4, 0.5) is 5.69 Å². The number of hydrogen-bond acceptors (Lipinski definition) is 3. The molecule has 0 N–H and O–H groups in total. The first kappa shape index (κ1) is 21.6. The third-order valence-corrected chi connectivity index (χ3v) is 6.93. The summed E-state index contributed by atoms with van der Waals surface area (Å²) >= 11 is 0. The van der Waals surface area contributed by atoms with Crippen LogP contribution in [0.25, 0.3) is 0 Å². The van der Waals surface area contributed by atoms with Gasteiger partial charge in [0, 0.05) is 26.2 Å². The number of para-hydroxylation sites is 1. The maximum absolute atomic E-state index is 12.9. The molecule has 6 heteroatoms. The van der Waals surface area contributed by atoms with Gasteiger partial charge in [0.05, 0.1) is 10.6 Å². The van der Waals surface area contributed by atoms with Crippen LogP contribution in [0.3, 0.4) is 0 Å². The van der Waals surface area contributed by atoms with E-state index in [1.807, 2.05) is 32.0 Å². The second-order valence-electron chi connectivity index (χ2n) is 7.42. The van der Waals surface area contributed by atoms with E-state index in [4.69, 9.17) is 0 Å². The lowest BCUT2D eigenvalue weighted by Crippen LogP contribution is -2.28. The topological polar surface area (TPSA) is 57.7 Å². The molecule has 0 fully saturated rings. The van der Waals surface area contributed by atoms with Gasteiger partial charge in [-0.2, -0.15) is 0 Å². The zero-order valence-corrected chi connectivity index (χ0v) is 18.5. The molecule has 0 heterocycles. The molecule has 0 saturated heterocycles. The molecular formula is C24H26N2O3S. The predicted molar refractivity (Wildman–Crippen MR) is 120 cm³/mol. The number of nitrogens with zero attached hydrogens (tertiary/aromatic N) is 2. The molecule has 0 spiro atoms. The molecular weight excluding hydrogens is 396 g/mol. The number of carbonyl (C=O) groups excluding carboxylic acids is 1. The number of sulfonamides is 1. The van der Waals surface area contributed by atoms with Gasteiger partial charge in [-0.25, -0.2) is 8.42 Å². The molecule has 0 radical (unpaired) electrons. The minimum Gasteiger partial charge on any atom is -0.337 e. The van der Waals surface area contributed by atoms with Gasteiger partial charge in [0.25, 0.3) is 15.9 Å². The van der Waals surface area contributed by atoms with E-state index >= 15 is 0 Å². The lowest BCUT2D eigenvalue weighted by Gasteiger charge is -2.21. The van der Waals surface area contributed by atoms with E-state index in [1.165, 1.54) is 29.0 Å². The summed E-state index contributed by atoms with van der Waals surface area (Å²) in [5.74, 6) is -0.157. The maximum Gasteiger partial charge on any atom is 0.264 e. The normalized spacial score (nSPS) is 11.2. The van der Waals surface area contributed by atoms with Crippen molar-refractivity contribution in [2.24, 2.45) is 0 Å². The molecule has 0 aliphatic rings. The molecule has 0 aliphatic carbocycles. The largest absolute Gasteiger partial charge is 0.337 e. The van der Waals surface area contributed by atoms with Crippen LogP contribution in [-0.4, -0.2) is 33.3 Å². The van der Waals surface area contributed by atoms with Crippen LogP contribution in [0, 0.1) is 13.8 Å². The zero-order chi connectivity index (χ0) is 21.9. The quantitative estimate of drug-likeness (QED) is 0.592. The SMILES string of the molecule is Cc1ccc(CN(C)C(=O)c2ccc(S(=O)(=O)N(C)c3ccccc3)cc2)c(C)c1. The smallest absolute Gasteiger partial charge is 0.264 e. The van der Waals surface area contributed by atoms with E-state index in [9.17, 15) is 13.2 Å². The first-order chi connectivity index (χ1) is 14.2. The van der Waals surface area contributed by atoms with Crippen molar-refractivity contribution in [2.45, 2.75) is 25.3 Å². The minimum atomic E-state index is -3.70. The molecule has 0 bridgehead atoms. The molecule has 156 valence electrons. The van der Waals surface area contributed by atoms with Crippen molar-refractivity contribution in [3.8, 4) is 0 Å². The van der Waals surface area contributed by atoms with Gasteiger partial charge in [-0.05, 0) is 61.4 Å². The summed E-state index contributed by atoms with van der Waals surface area (Å²) in [5.41, 5.74) is 4.43. The van der Waals surface area contributed by atoms with Crippen molar-refractivity contribution in [1.82, 2.24) is 4.90 Å². The number of hydrogen-bond donors (Lipinski definition) is 0. The van der Waals surface area contributed by atoms with Crippen molar-refractivity contribution < 1.29 is 13.2 Å². The van der Waals surface area contributed by atoms with Gasteiger partial charge in [-0.15, -0.1) is 0 Å². The van der Waals surface area contributed by atoms with Crippen LogP contribution >= 0.6 is 0 Å². The number of aryl methyl sites for hydroxylation is 2. The van der Waals surface area contributed by atoms with Gasteiger partial charge >= 0.3 is 0 Å². The molecule has 0 aromatic heterocycles. The Hall–Kier alpha value is -3.12. The minimum absolute atomic E-state index is 0.141. The van der Waals surface area contributed by atoms with Crippen LogP contribution in [0.15, 0.2) is 77.7 Å². The Labute approximate surface area is 178 Å². The highest BCUT2D eigenvalue weighted by molar-refractivity contribution is 7.92. The van der Waals surface area contributed by atoms with Crippen molar-refractivity contribution in [3.05, 3.63) is 95.1 Å². The van der Waals surface area contributed by atoms with Crippen LogP contribution in [0.5, 0.6) is 0 Å². The van der Waals surface area contributed by atoms with Crippen molar-refractivity contribution in [2.75, 3.05) is 18.4 Å². The summed E-state index contributed by atoms with van der Waals surface area (Å²) < 4.78 is 27.0. The standard InChI is InChI=1S/C24H26N2O3S/c1-18-10-11-21(19(2)16-18)17-25(3)24(27)20-12-14-23(15-13-20)30(28,29)26(4)22-8-6-5-7-9-22/h5-16H,17H2,1-4H3. The van der Waals surface area contributed by atoms with Gasteiger partial charge in [0.1, 0.15) is 0 Å². The van der Waals surface area contributed by atoms with Gasteiger partial charge in [-0.1, -0.05) is 42.0 Å². The Morgan fingerprint density at radius 2 is 1.50 bits per heavy atom. The highest BCUT2D eigenvalue weighted by Gasteiger charge is 2.22. The maximum atomic E-state index is 12.9. The Bertz CT molecular complexity index is 1140. The summed E-state index contributed by atoms with van der Waals surface area (Å²) in [4.78, 5) is 14.6. The zero-order valence-electron chi connectivity index (χ0n) is 17.7. The molecule has 30 heavy (non-hydrogen) atoms. The third-order valence-electron chi connectivity index (χ3n) is 5.13. The second-order valence-corrected chi connectivity index (χ2v) is 9.39. The highest BCUT2D eigenvalue weighted by Crippen LogP contribution is 2.22. The number of amides is 1. The van der Waals surface area contributed by atoms with Crippen molar-refractivity contribution in [3.63, 3.8) is 0 Å². The first-order valence-electron chi connectivity index (χ1n) is 9.66. The van der Waals surface area contributed by atoms with Crippen molar-refractivity contribution >= 4 is 21.6 Å². The highest BCUT2D eigenvalue weighted by atomic mass is 32.2. The van der Waals surface area contributed by atoms with E-state index in [0.29, 0.717) is 17.8 Å². The molecule has 0 atom stereocenters. The summed E-state index contributed by atoms with van der Waals surface area (Å²) in [6.07, 6.45) is 0. The molecule has 5 nitrogen and oxygen atoms in total. The van der Waals surface area contributed by atoms with E-state index in [2.05, 4.69) is 6.07 Å². The van der Waals surface area contributed by atoms with Crippen LogP contribution in [0.2, 0.25) is 0 Å². The average Bonchev–Trinajstić information content (AvgIpc) is 2.75. The van der Waals surface area contributed by atoms with E-state index < -0.39 is 10.0 Å². The Balaban J connectivity index is 1.76. The van der Waals surface area contributed by atoms with Gasteiger partial charge in [-0.3, -0.25) is 9.10 Å². The summed E-state index contributed by atoms with van der Waals surface area (Å²) in [5, 5.41) is 0. The van der Waals surface area contributed by atoms with E-state index in [0.717, 1.165) is 11.1 Å². The first-order valence-corrected chi connectivity index (χ1v) is 11.1. The molecule has 0 unspecified atom stereocenters. The second kappa shape index (κ2) is 8.71. The summed E-state index contributed by atoms with van der Waals surface area (Å²) in [6.45, 7) is 4.56. The summed E-state index contributed by atoms with van der Waals surface area (Å²) in [7, 11) is -0.444. The fraction of sp³-hybridized carbons (Fsp3) is 0.208. The fourth-order valence-corrected chi connectivity index (χ4v) is 4.47. The van der Waals surface area contributed by atoms with Crippen LogP contribution in [0.1, 0.15) is 27.0 Å². The number of anilines is 1.